The van der Waals surface area contributed by atoms with E-state index in [9.17, 15) is 0 Å². The minimum absolute atomic E-state index is 0. The lowest BCUT2D eigenvalue weighted by molar-refractivity contribution is 0.269. The van der Waals surface area contributed by atoms with Crippen LogP contribution in [0.3, 0.4) is 0 Å². The summed E-state index contributed by atoms with van der Waals surface area (Å²) >= 11 is 6.22. The van der Waals surface area contributed by atoms with Crippen LogP contribution in [-0.4, -0.2) is 20.3 Å². The Morgan fingerprint density at radius 3 is 2.32 bits per heavy atom. The highest BCUT2D eigenvalue weighted by atomic mass is 35.5. The number of halogens is 2. The number of rotatable bonds is 11. The van der Waals surface area contributed by atoms with E-state index in [1.165, 1.54) is 5.56 Å². The molecule has 0 heterocycles. The van der Waals surface area contributed by atoms with Crippen LogP contribution in [0, 0.1) is 0 Å². The number of ether oxygens (including phenoxy) is 3. The summed E-state index contributed by atoms with van der Waals surface area (Å²) in [5, 5.41) is 4.19. The Hall–Kier alpha value is -2.40. The van der Waals surface area contributed by atoms with Crippen LogP contribution in [0.1, 0.15) is 23.6 Å². The number of nitrogens with one attached hydrogen (secondary N) is 1. The van der Waals surface area contributed by atoms with Gasteiger partial charge in [-0.25, -0.2) is 0 Å². The average molecular weight is 462 g/mol. The van der Waals surface area contributed by atoms with Gasteiger partial charge in [0.2, 0.25) is 0 Å². The third-order valence-corrected chi connectivity index (χ3v) is 5.11. The minimum atomic E-state index is 0. The van der Waals surface area contributed by atoms with Gasteiger partial charge >= 0.3 is 0 Å². The molecule has 0 fully saturated rings. The van der Waals surface area contributed by atoms with E-state index < -0.39 is 0 Å². The molecular formula is C25H29Cl2NO3. The van der Waals surface area contributed by atoms with Crippen molar-refractivity contribution >= 4 is 24.0 Å². The predicted molar refractivity (Wildman–Crippen MR) is 129 cm³/mol. The monoisotopic (exact) mass is 461 g/mol. The number of para-hydroxylation sites is 1. The highest BCUT2D eigenvalue weighted by molar-refractivity contribution is 6.31. The summed E-state index contributed by atoms with van der Waals surface area (Å²) in [6.45, 7) is 4.55. The standard InChI is InChI=1S/C25H28ClNO3.ClH/c1-3-29-25-16-19(17-27-15-14-20-8-5-7-11-23(20)28-2)12-13-24(25)30-18-21-9-4-6-10-22(21)26;/h4-13,16,27H,3,14-15,17-18H2,1-2H3;1H. The fourth-order valence-electron chi connectivity index (χ4n) is 3.19. The molecule has 0 aliphatic rings. The largest absolute Gasteiger partial charge is 0.496 e. The maximum absolute atomic E-state index is 6.22. The Morgan fingerprint density at radius 1 is 0.839 bits per heavy atom. The van der Waals surface area contributed by atoms with Crippen LogP contribution < -0.4 is 19.5 Å². The number of hydrogen-bond acceptors (Lipinski definition) is 4. The van der Waals surface area contributed by atoms with Crippen molar-refractivity contribution < 1.29 is 14.2 Å². The van der Waals surface area contributed by atoms with Crippen molar-refractivity contribution in [1.82, 2.24) is 5.32 Å². The lowest BCUT2D eigenvalue weighted by atomic mass is 10.1. The summed E-state index contributed by atoms with van der Waals surface area (Å²) in [7, 11) is 1.71. The molecule has 3 aromatic carbocycles. The normalized spacial score (nSPS) is 10.3. The van der Waals surface area contributed by atoms with Crippen LogP contribution in [0.4, 0.5) is 0 Å². The van der Waals surface area contributed by atoms with Crippen LogP contribution in [0.15, 0.2) is 66.7 Å². The first kappa shape index (κ1) is 24.9. The molecule has 4 nitrogen and oxygen atoms in total. The van der Waals surface area contributed by atoms with Crippen LogP contribution >= 0.6 is 24.0 Å². The van der Waals surface area contributed by atoms with E-state index in [0.29, 0.717) is 18.2 Å². The van der Waals surface area contributed by atoms with Crippen LogP contribution in [0.5, 0.6) is 17.2 Å². The van der Waals surface area contributed by atoms with Gasteiger partial charge in [-0.3, -0.25) is 0 Å². The van der Waals surface area contributed by atoms with Gasteiger partial charge in [-0.15, -0.1) is 12.4 Å². The summed E-state index contributed by atoms with van der Waals surface area (Å²) in [5.74, 6) is 2.39. The Labute approximate surface area is 195 Å². The van der Waals surface area contributed by atoms with Gasteiger partial charge in [-0.1, -0.05) is 54.1 Å². The Kier molecular flexibility index (Phi) is 10.5. The molecule has 0 radical (unpaired) electrons. The van der Waals surface area contributed by atoms with Crippen molar-refractivity contribution in [2.45, 2.75) is 26.5 Å². The lowest BCUT2D eigenvalue weighted by Crippen LogP contribution is -2.17. The first-order chi connectivity index (χ1) is 14.7. The maximum atomic E-state index is 6.22. The Bertz CT molecular complexity index is 950. The van der Waals surface area contributed by atoms with Gasteiger partial charge in [0.15, 0.2) is 11.5 Å². The molecule has 3 aromatic rings. The van der Waals surface area contributed by atoms with E-state index in [2.05, 4.69) is 17.4 Å². The highest BCUT2D eigenvalue weighted by Gasteiger charge is 2.09. The fourth-order valence-corrected chi connectivity index (χ4v) is 3.38. The average Bonchev–Trinajstić information content (AvgIpc) is 2.77. The molecule has 1 N–H and O–H groups in total. The van der Waals surface area contributed by atoms with Gasteiger partial charge in [-0.2, -0.15) is 0 Å². The second-order valence-corrected chi connectivity index (χ2v) is 7.24. The zero-order chi connectivity index (χ0) is 21.2. The first-order valence-corrected chi connectivity index (χ1v) is 10.5. The topological polar surface area (TPSA) is 39.7 Å². The smallest absolute Gasteiger partial charge is 0.161 e. The van der Waals surface area contributed by atoms with Gasteiger partial charge in [-0.05, 0) is 55.3 Å². The van der Waals surface area contributed by atoms with Gasteiger partial charge in [0.25, 0.3) is 0 Å². The molecular weight excluding hydrogens is 433 g/mol. The molecule has 3 rings (SSSR count). The van der Waals surface area contributed by atoms with Crippen LogP contribution in [-0.2, 0) is 19.6 Å². The van der Waals surface area contributed by atoms with E-state index in [1.54, 1.807) is 7.11 Å². The van der Waals surface area contributed by atoms with Crippen molar-refractivity contribution in [3.05, 3.63) is 88.4 Å². The molecule has 0 atom stereocenters. The molecule has 0 aliphatic heterocycles. The van der Waals surface area contributed by atoms with Gasteiger partial charge in [0.05, 0.1) is 13.7 Å². The van der Waals surface area contributed by atoms with Crippen molar-refractivity contribution in [3.63, 3.8) is 0 Å². The molecule has 0 amide bonds. The second kappa shape index (κ2) is 13.1. The molecule has 0 bridgehead atoms. The molecule has 0 aliphatic carbocycles. The molecule has 0 spiro atoms. The summed E-state index contributed by atoms with van der Waals surface area (Å²) in [6.07, 6.45) is 0.904. The van der Waals surface area contributed by atoms with Gasteiger partial charge in [0, 0.05) is 17.1 Å². The molecule has 0 saturated heterocycles. The number of hydrogen-bond donors (Lipinski definition) is 1. The summed E-state index contributed by atoms with van der Waals surface area (Å²) in [5.41, 5.74) is 3.29. The summed E-state index contributed by atoms with van der Waals surface area (Å²) in [6, 6.07) is 21.8. The molecule has 0 aromatic heterocycles. The molecule has 31 heavy (non-hydrogen) atoms. The number of benzene rings is 3. The zero-order valence-corrected chi connectivity index (χ0v) is 19.5. The Balaban J connectivity index is 0.00000341. The highest BCUT2D eigenvalue weighted by Crippen LogP contribution is 2.30. The fraction of sp³-hybridized carbons (Fsp3) is 0.280. The third kappa shape index (κ3) is 7.35. The lowest BCUT2D eigenvalue weighted by Gasteiger charge is -2.14. The molecule has 6 heteroatoms. The van der Waals surface area contributed by atoms with Gasteiger partial charge < -0.3 is 19.5 Å². The van der Waals surface area contributed by atoms with Crippen molar-refractivity contribution in [2.75, 3.05) is 20.3 Å². The van der Waals surface area contributed by atoms with E-state index in [4.69, 9.17) is 25.8 Å². The Morgan fingerprint density at radius 2 is 1.58 bits per heavy atom. The minimum Gasteiger partial charge on any atom is -0.496 e. The number of methoxy groups -OCH3 is 1. The first-order valence-electron chi connectivity index (χ1n) is 10.2. The predicted octanol–water partition coefficient (Wildman–Crippen LogP) is 6.08. The SMILES string of the molecule is CCOc1cc(CNCCc2ccccc2OC)ccc1OCc1ccccc1Cl.Cl. The molecule has 166 valence electrons. The second-order valence-electron chi connectivity index (χ2n) is 6.83. The summed E-state index contributed by atoms with van der Waals surface area (Å²) in [4.78, 5) is 0. The maximum Gasteiger partial charge on any atom is 0.161 e. The van der Waals surface area contributed by atoms with E-state index in [-0.39, 0.29) is 12.4 Å². The molecule has 0 saturated carbocycles. The van der Waals surface area contributed by atoms with Crippen LogP contribution in [0.25, 0.3) is 0 Å². The van der Waals surface area contributed by atoms with Crippen molar-refractivity contribution in [2.24, 2.45) is 0 Å². The zero-order valence-electron chi connectivity index (χ0n) is 17.9. The van der Waals surface area contributed by atoms with E-state index in [0.717, 1.165) is 47.9 Å². The van der Waals surface area contributed by atoms with Crippen molar-refractivity contribution in [3.8, 4) is 17.2 Å². The third-order valence-electron chi connectivity index (χ3n) is 4.74. The van der Waals surface area contributed by atoms with Crippen molar-refractivity contribution in [1.29, 1.82) is 0 Å². The molecule has 0 unspecified atom stereocenters. The quantitative estimate of drug-likeness (QED) is 0.351. The summed E-state index contributed by atoms with van der Waals surface area (Å²) < 4.78 is 17.2. The van der Waals surface area contributed by atoms with E-state index >= 15 is 0 Å². The van der Waals surface area contributed by atoms with Crippen LogP contribution in [0.2, 0.25) is 5.02 Å². The van der Waals surface area contributed by atoms with Gasteiger partial charge in [0.1, 0.15) is 12.4 Å². The van der Waals surface area contributed by atoms with E-state index in [1.807, 2.05) is 61.5 Å².